The van der Waals surface area contributed by atoms with E-state index in [0.29, 0.717) is 12.2 Å². The molecule has 104 valence electrons. The van der Waals surface area contributed by atoms with Gasteiger partial charge in [-0.1, -0.05) is 33.1 Å². The Morgan fingerprint density at radius 3 is 2.28 bits per heavy atom. The summed E-state index contributed by atoms with van der Waals surface area (Å²) >= 11 is 0. The first-order valence-corrected chi connectivity index (χ1v) is 6.41. The first-order chi connectivity index (χ1) is 7.63. The molecule has 0 saturated heterocycles. The quantitative estimate of drug-likeness (QED) is 0.799. The van der Waals surface area contributed by atoms with Crippen LogP contribution in [0.1, 0.15) is 28.2 Å². The molecule has 0 aliphatic rings. The second-order valence-electron chi connectivity index (χ2n) is 3.59. The second kappa shape index (κ2) is 9.97. The number of ketones is 1. The Morgan fingerprint density at radius 2 is 1.83 bits per heavy atom. The van der Waals surface area contributed by atoms with Gasteiger partial charge in [0.05, 0.1) is 22.7 Å². The molecule has 0 aliphatic carbocycles. The summed E-state index contributed by atoms with van der Waals surface area (Å²) in [5, 5.41) is 0. The number of methoxy groups -OCH3 is 1. The highest BCUT2D eigenvalue weighted by Crippen LogP contribution is 2.09. The second-order valence-corrected chi connectivity index (χ2v) is 5.08. The van der Waals surface area contributed by atoms with Gasteiger partial charge in [0.1, 0.15) is 5.78 Å². The number of rotatable bonds is 6. The normalized spacial score (nSPS) is 12.8. The Bertz CT molecular complexity index is 363. The summed E-state index contributed by atoms with van der Waals surface area (Å²) in [6.07, 6.45) is 0.0493. The summed E-state index contributed by atoms with van der Waals surface area (Å²) in [4.78, 5) is 11.7. The van der Waals surface area contributed by atoms with Crippen LogP contribution >= 0.6 is 0 Å². The molecule has 0 spiro atoms. The Morgan fingerprint density at radius 1 is 1.28 bits per heavy atom. The van der Waals surface area contributed by atoms with Crippen LogP contribution < -0.4 is 0 Å². The number of carbonyl (C=O) groups excluding carboxylic acids is 1. The summed E-state index contributed by atoms with van der Waals surface area (Å²) in [6.45, 7) is 1.51. The monoisotopic (exact) mass is 272 g/mol. The van der Waals surface area contributed by atoms with E-state index >= 15 is 0 Å². The van der Waals surface area contributed by atoms with Crippen LogP contribution in [0.5, 0.6) is 0 Å². The lowest BCUT2D eigenvalue weighted by molar-refractivity contribution is -0.119. The Balaban J connectivity index is 0. The molecule has 0 aliphatic heterocycles. The Labute approximate surface area is 113 Å². The highest BCUT2D eigenvalue weighted by Gasteiger charge is 2.15. The van der Waals surface area contributed by atoms with Crippen LogP contribution in [0.25, 0.3) is 0 Å². The molecular weight excluding hydrogens is 248 g/mol. The van der Waals surface area contributed by atoms with Crippen LogP contribution in [0.3, 0.4) is 0 Å². The highest BCUT2D eigenvalue weighted by atomic mass is 32.2. The molecule has 0 heterocycles. The maximum absolute atomic E-state index is 11.9. The average Bonchev–Trinajstić information content (AvgIpc) is 2.28. The van der Waals surface area contributed by atoms with Crippen LogP contribution in [0.2, 0.25) is 0 Å². The van der Waals surface area contributed by atoms with Gasteiger partial charge in [-0.2, -0.15) is 0 Å². The van der Waals surface area contributed by atoms with Crippen molar-refractivity contribution in [3.8, 4) is 0 Å². The highest BCUT2D eigenvalue weighted by molar-refractivity contribution is 7.85. The third-order valence-corrected chi connectivity index (χ3v) is 3.66. The third-order valence-electron chi connectivity index (χ3n) is 2.19. The maximum atomic E-state index is 11.9. The minimum Gasteiger partial charge on any atom is -0.380 e. The van der Waals surface area contributed by atoms with Crippen molar-refractivity contribution in [1.29, 1.82) is 0 Å². The van der Waals surface area contributed by atoms with E-state index in [0.717, 1.165) is 4.90 Å². The molecule has 18 heavy (non-hydrogen) atoms. The lowest BCUT2D eigenvalue weighted by atomic mass is 10.2. The molecule has 1 rings (SSSR count). The van der Waals surface area contributed by atoms with E-state index in [4.69, 9.17) is 4.74 Å². The fourth-order valence-corrected chi connectivity index (χ4v) is 2.61. The predicted molar refractivity (Wildman–Crippen MR) is 77.3 cm³/mol. The standard InChI is InChI=1S/C12H16O3S.2CH4/c1-10(13)8-11(15-2)9-16(14)12-6-4-3-5-7-12;;/h3-7,11H,8-9H2,1-2H3;2*1H4. The van der Waals surface area contributed by atoms with Crippen LogP contribution in [0, 0.1) is 0 Å². The molecule has 0 aromatic heterocycles. The first-order valence-electron chi connectivity index (χ1n) is 5.09. The molecule has 0 radical (unpaired) electrons. The van der Waals surface area contributed by atoms with Crippen molar-refractivity contribution in [2.24, 2.45) is 0 Å². The smallest absolute Gasteiger partial charge is 0.132 e. The molecule has 4 heteroatoms. The molecule has 0 bridgehead atoms. The van der Waals surface area contributed by atoms with E-state index in [-0.39, 0.29) is 26.7 Å². The molecule has 1 aromatic carbocycles. The number of carbonyl (C=O) groups is 1. The zero-order valence-corrected chi connectivity index (χ0v) is 10.3. The zero-order valence-electron chi connectivity index (χ0n) is 9.51. The minimum atomic E-state index is -1.11. The molecular formula is C14H24O3S. The summed E-state index contributed by atoms with van der Waals surface area (Å²) in [5.74, 6) is 0.414. The van der Waals surface area contributed by atoms with Crippen molar-refractivity contribution in [3.05, 3.63) is 30.3 Å². The van der Waals surface area contributed by atoms with E-state index in [1.54, 1.807) is 0 Å². The van der Waals surface area contributed by atoms with E-state index in [1.807, 2.05) is 30.3 Å². The molecule has 0 saturated carbocycles. The van der Waals surface area contributed by atoms with Crippen LogP contribution in [-0.4, -0.2) is 29.0 Å². The van der Waals surface area contributed by atoms with Crippen molar-refractivity contribution >= 4 is 16.6 Å². The summed E-state index contributed by atoms with van der Waals surface area (Å²) < 4.78 is 17.1. The number of hydrogen-bond acceptors (Lipinski definition) is 3. The molecule has 0 fully saturated rings. The van der Waals surface area contributed by atoms with Gasteiger partial charge in [-0.05, 0) is 19.1 Å². The molecule has 1 aromatic rings. The molecule has 2 unspecified atom stereocenters. The SMILES string of the molecule is C.C.COC(CC(C)=O)CS(=O)c1ccccc1. The van der Waals surface area contributed by atoms with Crippen molar-refractivity contribution in [2.45, 2.75) is 39.2 Å². The van der Waals surface area contributed by atoms with Gasteiger partial charge in [-0.3, -0.25) is 9.00 Å². The van der Waals surface area contributed by atoms with Gasteiger partial charge < -0.3 is 4.74 Å². The summed E-state index contributed by atoms with van der Waals surface area (Å²) in [5.41, 5.74) is 0. The fourth-order valence-electron chi connectivity index (χ4n) is 1.37. The largest absolute Gasteiger partial charge is 0.380 e. The lowest BCUT2D eigenvalue weighted by Crippen LogP contribution is -2.22. The van der Waals surface area contributed by atoms with Gasteiger partial charge in [-0.25, -0.2) is 0 Å². The van der Waals surface area contributed by atoms with Crippen molar-refractivity contribution in [1.82, 2.24) is 0 Å². The van der Waals surface area contributed by atoms with Crippen LogP contribution in [0.4, 0.5) is 0 Å². The minimum absolute atomic E-state index is 0. The Hall–Kier alpha value is -1.00. The van der Waals surface area contributed by atoms with Gasteiger partial charge >= 0.3 is 0 Å². The van der Waals surface area contributed by atoms with Crippen molar-refractivity contribution in [3.63, 3.8) is 0 Å². The van der Waals surface area contributed by atoms with Crippen LogP contribution in [0.15, 0.2) is 35.2 Å². The van der Waals surface area contributed by atoms with Gasteiger partial charge in [0.25, 0.3) is 0 Å². The van der Waals surface area contributed by atoms with E-state index < -0.39 is 10.8 Å². The molecule has 3 nitrogen and oxygen atoms in total. The van der Waals surface area contributed by atoms with E-state index in [1.165, 1.54) is 14.0 Å². The fraction of sp³-hybridized carbons (Fsp3) is 0.500. The van der Waals surface area contributed by atoms with Gasteiger partial charge in [0, 0.05) is 18.4 Å². The zero-order chi connectivity index (χ0) is 12.0. The van der Waals surface area contributed by atoms with Crippen molar-refractivity contribution < 1.29 is 13.7 Å². The number of Topliss-reactive ketones (excluding diaryl/α,β-unsaturated/α-hetero) is 1. The van der Waals surface area contributed by atoms with Gasteiger partial charge in [0.2, 0.25) is 0 Å². The molecule has 0 amide bonds. The number of ether oxygens (including phenoxy) is 1. The van der Waals surface area contributed by atoms with E-state index in [2.05, 4.69) is 0 Å². The third kappa shape index (κ3) is 6.67. The molecule has 0 N–H and O–H groups in total. The Kier molecular flexibility index (Phi) is 10.7. The van der Waals surface area contributed by atoms with Gasteiger partial charge in [-0.15, -0.1) is 0 Å². The van der Waals surface area contributed by atoms with Gasteiger partial charge in [0.15, 0.2) is 0 Å². The number of benzene rings is 1. The topological polar surface area (TPSA) is 43.4 Å². The van der Waals surface area contributed by atoms with E-state index in [9.17, 15) is 9.00 Å². The van der Waals surface area contributed by atoms with Crippen molar-refractivity contribution in [2.75, 3.05) is 12.9 Å². The molecule has 2 atom stereocenters. The number of hydrogen-bond donors (Lipinski definition) is 0. The first kappa shape index (κ1) is 19.3. The van der Waals surface area contributed by atoms with Crippen LogP contribution in [-0.2, 0) is 20.3 Å². The summed E-state index contributed by atoms with van der Waals surface area (Å²) in [7, 11) is 0.430. The average molecular weight is 272 g/mol. The predicted octanol–water partition coefficient (Wildman–Crippen LogP) is 3.06. The lowest BCUT2D eigenvalue weighted by Gasteiger charge is -2.12. The maximum Gasteiger partial charge on any atom is 0.132 e. The summed E-state index contributed by atoms with van der Waals surface area (Å²) in [6, 6.07) is 9.21.